The van der Waals surface area contributed by atoms with E-state index < -0.39 is 5.97 Å². The number of carboxylic acid groups (broad SMARTS) is 1. The number of carboxylic acids is 1. The Bertz CT molecular complexity index is 524. The zero-order chi connectivity index (χ0) is 11.5. The number of halogens is 1. The Morgan fingerprint density at radius 2 is 2.19 bits per heavy atom. The molecule has 0 aliphatic carbocycles. The third kappa shape index (κ3) is 2.59. The highest BCUT2D eigenvalue weighted by atomic mass is 35.5. The van der Waals surface area contributed by atoms with Gasteiger partial charge in [-0.3, -0.25) is 0 Å². The molecule has 0 bridgehead atoms. The van der Waals surface area contributed by atoms with Crippen molar-refractivity contribution in [2.24, 2.45) is 0 Å². The lowest BCUT2D eigenvalue weighted by Crippen LogP contribution is -1.91. The summed E-state index contributed by atoms with van der Waals surface area (Å²) in [5.74, 6) is -0.936. The topological polar surface area (TPSA) is 53.1 Å². The lowest BCUT2D eigenvalue weighted by atomic mass is 10.4. The lowest BCUT2D eigenvalue weighted by Gasteiger charge is -1.98. The number of aromatic amines is 1. The van der Waals surface area contributed by atoms with E-state index in [1.807, 2.05) is 18.2 Å². The van der Waals surface area contributed by atoms with Gasteiger partial charge in [-0.2, -0.15) is 0 Å². The molecule has 2 N–H and O–H groups in total. The van der Waals surface area contributed by atoms with Gasteiger partial charge in [-0.05, 0) is 24.3 Å². The zero-order valence-electron chi connectivity index (χ0n) is 8.11. The van der Waals surface area contributed by atoms with E-state index in [2.05, 4.69) is 4.98 Å². The minimum Gasteiger partial charge on any atom is -0.478 e. The van der Waals surface area contributed by atoms with Gasteiger partial charge >= 0.3 is 5.97 Å². The maximum absolute atomic E-state index is 10.7. The van der Waals surface area contributed by atoms with Crippen molar-refractivity contribution in [1.29, 1.82) is 0 Å². The Morgan fingerprint density at radius 1 is 1.38 bits per heavy atom. The Kier molecular flexibility index (Phi) is 3.22. The van der Waals surface area contributed by atoms with Crippen LogP contribution in [0.25, 0.3) is 0 Å². The Balaban J connectivity index is 2.17. The molecule has 0 saturated carbocycles. The van der Waals surface area contributed by atoms with Gasteiger partial charge in [-0.25, -0.2) is 4.79 Å². The van der Waals surface area contributed by atoms with Gasteiger partial charge < -0.3 is 10.1 Å². The van der Waals surface area contributed by atoms with E-state index in [4.69, 9.17) is 16.7 Å². The van der Waals surface area contributed by atoms with Crippen molar-refractivity contribution in [3.05, 3.63) is 47.1 Å². The first-order chi connectivity index (χ1) is 7.65. The van der Waals surface area contributed by atoms with E-state index in [0.29, 0.717) is 5.02 Å². The third-order valence-corrected chi connectivity index (χ3v) is 3.11. The molecule has 0 saturated heterocycles. The van der Waals surface area contributed by atoms with Crippen LogP contribution < -0.4 is 0 Å². The van der Waals surface area contributed by atoms with Crippen molar-refractivity contribution in [3.63, 3.8) is 0 Å². The largest absolute Gasteiger partial charge is 0.478 e. The SMILES string of the molecule is O=C(O)c1c[nH]c(Sc2cccc(Cl)c2)c1. The van der Waals surface area contributed by atoms with Crippen LogP contribution in [-0.4, -0.2) is 16.1 Å². The van der Waals surface area contributed by atoms with Gasteiger partial charge in [-0.15, -0.1) is 0 Å². The fourth-order valence-corrected chi connectivity index (χ4v) is 2.36. The molecule has 0 aliphatic heterocycles. The fraction of sp³-hybridized carbons (Fsp3) is 0. The summed E-state index contributed by atoms with van der Waals surface area (Å²) in [5.41, 5.74) is 0.254. The summed E-state index contributed by atoms with van der Waals surface area (Å²) in [7, 11) is 0. The minimum atomic E-state index is -0.936. The van der Waals surface area contributed by atoms with Crippen LogP contribution in [-0.2, 0) is 0 Å². The maximum Gasteiger partial charge on any atom is 0.337 e. The molecule has 5 heteroatoms. The number of rotatable bonds is 3. The van der Waals surface area contributed by atoms with E-state index in [9.17, 15) is 4.79 Å². The molecule has 0 amide bonds. The summed E-state index contributed by atoms with van der Waals surface area (Å²) in [4.78, 5) is 14.5. The fourth-order valence-electron chi connectivity index (χ4n) is 1.21. The molecule has 0 atom stereocenters. The minimum absolute atomic E-state index is 0.254. The summed E-state index contributed by atoms with van der Waals surface area (Å²) < 4.78 is 0. The molecule has 0 aliphatic rings. The van der Waals surface area contributed by atoms with Crippen LogP contribution in [0.4, 0.5) is 0 Å². The smallest absolute Gasteiger partial charge is 0.337 e. The van der Waals surface area contributed by atoms with Crippen LogP contribution in [0.5, 0.6) is 0 Å². The van der Waals surface area contributed by atoms with Gasteiger partial charge in [0.1, 0.15) is 0 Å². The van der Waals surface area contributed by atoms with Gasteiger partial charge in [0.15, 0.2) is 0 Å². The van der Waals surface area contributed by atoms with Crippen LogP contribution in [0.3, 0.4) is 0 Å². The molecule has 16 heavy (non-hydrogen) atoms. The quantitative estimate of drug-likeness (QED) is 0.880. The normalized spacial score (nSPS) is 10.3. The first kappa shape index (κ1) is 11.1. The Hall–Kier alpha value is -1.39. The summed E-state index contributed by atoms with van der Waals surface area (Å²) in [5, 5.41) is 10.2. The second kappa shape index (κ2) is 4.63. The average molecular weight is 254 g/mol. The van der Waals surface area contributed by atoms with E-state index in [-0.39, 0.29) is 5.56 Å². The van der Waals surface area contributed by atoms with Crippen molar-refractivity contribution >= 4 is 29.3 Å². The molecular weight excluding hydrogens is 246 g/mol. The summed E-state index contributed by atoms with van der Waals surface area (Å²) in [6.07, 6.45) is 1.47. The average Bonchev–Trinajstić information content (AvgIpc) is 2.66. The highest BCUT2D eigenvalue weighted by Crippen LogP contribution is 2.28. The number of aromatic nitrogens is 1. The van der Waals surface area contributed by atoms with E-state index in [0.717, 1.165) is 9.92 Å². The number of hydrogen-bond donors (Lipinski definition) is 2. The van der Waals surface area contributed by atoms with Crippen molar-refractivity contribution in [2.45, 2.75) is 9.92 Å². The van der Waals surface area contributed by atoms with Crippen molar-refractivity contribution in [3.8, 4) is 0 Å². The van der Waals surface area contributed by atoms with Crippen molar-refractivity contribution in [2.75, 3.05) is 0 Å². The molecule has 1 heterocycles. The molecule has 3 nitrogen and oxygen atoms in total. The predicted molar refractivity (Wildman–Crippen MR) is 63.3 cm³/mol. The molecule has 82 valence electrons. The number of aromatic carboxylic acids is 1. The summed E-state index contributed by atoms with van der Waals surface area (Å²) >= 11 is 7.29. The number of H-pyrrole nitrogens is 1. The molecule has 2 aromatic rings. The number of carbonyl (C=O) groups is 1. The number of benzene rings is 1. The van der Waals surface area contributed by atoms with E-state index in [1.54, 1.807) is 12.1 Å². The first-order valence-electron chi connectivity index (χ1n) is 4.50. The van der Waals surface area contributed by atoms with Gasteiger partial charge in [0, 0.05) is 16.1 Å². The number of hydrogen-bond acceptors (Lipinski definition) is 2. The second-order valence-corrected chi connectivity index (χ2v) is 4.67. The molecule has 2 rings (SSSR count). The van der Waals surface area contributed by atoms with Crippen LogP contribution in [0, 0.1) is 0 Å². The van der Waals surface area contributed by atoms with Gasteiger partial charge in [-0.1, -0.05) is 29.4 Å². The lowest BCUT2D eigenvalue weighted by molar-refractivity contribution is 0.0697. The highest BCUT2D eigenvalue weighted by Gasteiger charge is 2.06. The molecule has 1 aromatic carbocycles. The van der Waals surface area contributed by atoms with Crippen LogP contribution in [0.1, 0.15) is 10.4 Å². The van der Waals surface area contributed by atoms with E-state index in [1.165, 1.54) is 18.0 Å². The summed E-state index contributed by atoms with van der Waals surface area (Å²) in [6, 6.07) is 8.98. The monoisotopic (exact) mass is 253 g/mol. The zero-order valence-corrected chi connectivity index (χ0v) is 9.68. The Labute approximate surface area is 101 Å². The molecular formula is C11H8ClNO2S. The van der Waals surface area contributed by atoms with Crippen molar-refractivity contribution < 1.29 is 9.90 Å². The van der Waals surface area contributed by atoms with Gasteiger partial charge in [0.05, 0.1) is 10.6 Å². The third-order valence-electron chi connectivity index (χ3n) is 1.93. The van der Waals surface area contributed by atoms with Gasteiger partial charge in [0.25, 0.3) is 0 Å². The molecule has 0 fully saturated rings. The Morgan fingerprint density at radius 3 is 2.81 bits per heavy atom. The standard InChI is InChI=1S/C11H8ClNO2S/c12-8-2-1-3-9(5-8)16-10-4-7(6-13-10)11(14)15/h1-6,13H,(H,14,15). The molecule has 1 aromatic heterocycles. The van der Waals surface area contributed by atoms with Gasteiger partial charge in [0.2, 0.25) is 0 Å². The highest BCUT2D eigenvalue weighted by molar-refractivity contribution is 7.99. The molecule has 0 unspecified atom stereocenters. The number of nitrogens with one attached hydrogen (secondary N) is 1. The predicted octanol–water partition coefficient (Wildman–Crippen LogP) is 3.52. The molecule has 0 spiro atoms. The summed E-state index contributed by atoms with van der Waals surface area (Å²) in [6.45, 7) is 0. The van der Waals surface area contributed by atoms with Crippen LogP contribution in [0.2, 0.25) is 5.02 Å². The van der Waals surface area contributed by atoms with Crippen LogP contribution >= 0.6 is 23.4 Å². The maximum atomic E-state index is 10.7. The van der Waals surface area contributed by atoms with E-state index >= 15 is 0 Å². The van der Waals surface area contributed by atoms with Crippen LogP contribution in [0.15, 0.2) is 46.5 Å². The van der Waals surface area contributed by atoms with Crippen molar-refractivity contribution in [1.82, 2.24) is 4.98 Å². The first-order valence-corrected chi connectivity index (χ1v) is 5.70. The second-order valence-electron chi connectivity index (χ2n) is 3.12. The molecule has 0 radical (unpaired) electrons.